The number of hydrogen-bond acceptors (Lipinski definition) is 6. The van der Waals surface area contributed by atoms with Crippen LogP contribution in [-0.4, -0.2) is 27.6 Å². The number of aliphatic hydroxyl groups is 1. The molecule has 0 radical (unpaired) electrons. The van der Waals surface area contributed by atoms with Gasteiger partial charge in [-0.25, -0.2) is 4.79 Å². The molecule has 0 saturated carbocycles. The Morgan fingerprint density at radius 3 is 2.60 bits per heavy atom. The largest absolute Gasteiger partial charge is 0.491 e. The first-order valence-electron chi connectivity index (χ1n) is 7.60. The van der Waals surface area contributed by atoms with Crippen molar-refractivity contribution < 1.29 is 14.3 Å². The average Bonchev–Trinajstić information content (AvgIpc) is 3.01. The zero-order valence-corrected chi connectivity index (χ0v) is 13.2. The summed E-state index contributed by atoms with van der Waals surface area (Å²) in [5.41, 5.74) is 1.21. The molecule has 0 aliphatic carbocycles. The summed E-state index contributed by atoms with van der Waals surface area (Å²) in [6.07, 6.45) is -0.943. The molecule has 0 aliphatic rings. The maximum atomic E-state index is 11.8. The lowest BCUT2D eigenvalue weighted by Gasteiger charge is -2.11. The van der Waals surface area contributed by atoms with Crippen molar-refractivity contribution in [3.8, 4) is 23.3 Å². The SMILES string of the molecule is N#Cc1ccc(OC[C@@H](O)Cn2nc(-c3ccccc3)oc2=O)cc1. The van der Waals surface area contributed by atoms with Crippen LogP contribution in [0.3, 0.4) is 0 Å². The van der Waals surface area contributed by atoms with E-state index in [0.29, 0.717) is 16.9 Å². The summed E-state index contributed by atoms with van der Waals surface area (Å²) in [6, 6.07) is 17.6. The molecule has 25 heavy (non-hydrogen) atoms. The van der Waals surface area contributed by atoms with Crippen LogP contribution in [0.2, 0.25) is 0 Å². The van der Waals surface area contributed by atoms with E-state index in [0.717, 1.165) is 4.68 Å². The molecule has 0 amide bonds. The van der Waals surface area contributed by atoms with Gasteiger partial charge in [0, 0.05) is 5.56 Å². The molecule has 1 N–H and O–H groups in total. The first-order chi connectivity index (χ1) is 12.2. The van der Waals surface area contributed by atoms with Crippen molar-refractivity contribution in [3.05, 3.63) is 70.7 Å². The molecule has 3 aromatic rings. The first-order valence-corrected chi connectivity index (χ1v) is 7.60. The number of hydrogen-bond donors (Lipinski definition) is 1. The predicted molar refractivity (Wildman–Crippen MR) is 88.9 cm³/mol. The maximum Gasteiger partial charge on any atom is 0.437 e. The summed E-state index contributed by atoms with van der Waals surface area (Å²) in [7, 11) is 0. The van der Waals surface area contributed by atoms with E-state index < -0.39 is 11.9 Å². The molecule has 0 bridgehead atoms. The molecule has 0 saturated heterocycles. The van der Waals surface area contributed by atoms with Gasteiger partial charge in [-0.2, -0.15) is 9.94 Å². The van der Waals surface area contributed by atoms with Gasteiger partial charge in [0.25, 0.3) is 0 Å². The lowest BCUT2D eigenvalue weighted by Crippen LogP contribution is -2.29. The quantitative estimate of drug-likeness (QED) is 0.736. The highest BCUT2D eigenvalue weighted by Gasteiger charge is 2.14. The van der Waals surface area contributed by atoms with Crippen LogP contribution in [0.1, 0.15) is 5.56 Å². The third-order valence-corrected chi connectivity index (χ3v) is 3.44. The molecule has 0 spiro atoms. The number of ether oxygens (including phenoxy) is 1. The Hall–Kier alpha value is -3.37. The van der Waals surface area contributed by atoms with Crippen molar-refractivity contribution in [2.45, 2.75) is 12.6 Å². The Morgan fingerprint density at radius 1 is 1.20 bits per heavy atom. The Labute approximate surface area is 143 Å². The Balaban J connectivity index is 1.61. The molecular weight excluding hydrogens is 322 g/mol. The predicted octanol–water partition coefficient (Wildman–Crippen LogP) is 1.81. The first kappa shape index (κ1) is 16.5. The van der Waals surface area contributed by atoms with Crippen LogP contribution in [0.4, 0.5) is 0 Å². The molecule has 1 aromatic heterocycles. The van der Waals surface area contributed by atoms with Crippen LogP contribution in [0, 0.1) is 11.3 Å². The summed E-state index contributed by atoms with van der Waals surface area (Å²) in [5, 5.41) is 22.9. The fourth-order valence-electron chi connectivity index (χ4n) is 2.19. The van der Waals surface area contributed by atoms with E-state index in [1.165, 1.54) is 0 Å². The molecule has 2 aromatic carbocycles. The number of aliphatic hydroxyl groups excluding tert-OH is 1. The molecule has 0 unspecified atom stereocenters. The van der Waals surface area contributed by atoms with Crippen LogP contribution >= 0.6 is 0 Å². The average molecular weight is 337 g/mol. The molecule has 126 valence electrons. The van der Waals surface area contributed by atoms with Crippen LogP contribution in [0.15, 0.2) is 63.8 Å². The normalized spacial score (nSPS) is 11.7. The van der Waals surface area contributed by atoms with Gasteiger partial charge in [0.1, 0.15) is 18.5 Å². The fraction of sp³-hybridized carbons (Fsp3) is 0.167. The number of nitrogens with zero attached hydrogens (tertiary/aromatic N) is 3. The van der Waals surface area contributed by atoms with Crippen molar-refractivity contribution in [2.24, 2.45) is 0 Å². The smallest absolute Gasteiger partial charge is 0.437 e. The minimum Gasteiger partial charge on any atom is -0.491 e. The number of rotatable bonds is 6. The second-order valence-corrected chi connectivity index (χ2v) is 5.32. The van der Waals surface area contributed by atoms with E-state index in [2.05, 4.69) is 5.10 Å². The topological polar surface area (TPSA) is 101 Å². The number of benzene rings is 2. The Bertz CT molecular complexity index is 923. The Morgan fingerprint density at radius 2 is 1.92 bits per heavy atom. The van der Waals surface area contributed by atoms with E-state index in [-0.39, 0.29) is 19.0 Å². The molecule has 1 atom stereocenters. The van der Waals surface area contributed by atoms with Gasteiger partial charge in [-0.3, -0.25) is 0 Å². The summed E-state index contributed by atoms with van der Waals surface area (Å²) in [6.45, 7) is -0.0721. The lowest BCUT2D eigenvalue weighted by atomic mass is 10.2. The van der Waals surface area contributed by atoms with Crippen LogP contribution in [0.25, 0.3) is 11.5 Å². The highest BCUT2D eigenvalue weighted by Crippen LogP contribution is 2.14. The molecule has 7 nitrogen and oxygen atoms in total. The van der Waals surface area contributed by atoms with Crippen molar-refractivity contribution in [3.63, 3.8) is 0 Å². The van der Waals surface area contributed by atoms with Gasteiger partial charge in [0.05, 0.1) is 18.2 Å². The molecule has 0 aliphatic heterocycles. The maximum absolute atomic E-state index is 11.8. The molecule has 7 heteroatoms. The van der Waals surface area contributed by atoms with Crippen LogP contribution in [0.5, 0.6) is 5.75 Å². The second kappa shape index (κ2) is 7.47. The van der Waals surface area contributed by atoms with Crippen LogP contribution < -0.4 is 10.5 Å². The van der Waals surface area contributed by atoms with Crippen LogP contribution in [-0.2, 0) is 6.54 Å². The van der Waals surface area contributed by atoms with Crippen molar-refractivity contribution in [2.75, 3.05) is 6.61 Å². The summed E-state index contributed by atoms with van der Waals surface area (Å²) in [4.78, 5) is 11.8. The van der Waals surface area contributed by atoms with Gasteiger partial charge < -0.3 is 14.3 Å². The van der Waals surface area contributed by atoms with Gasteiger partial charge in [-0.15, -0.1) is 5.10 Å². The zero-order chi connectivity index (χ0) is 17.6. The minimum atomic E-state index is -0.943. The van der Waals surface area contributed by atoms with Gasteiger partial charge in [0.2, 0.25) is 5.89 Å². The molecular formula is C18H15N3O4. The van der Waals surface area contributed by atoms with E-state index in [1.54, 1.807) is 36.4 Å². The fourth-order valence-corrected chi connectivity index (χ4v) is 2.19. The summed E-state index contributed by atoms with van der Waals surface area (Å²) >= 11 is 0. The molecule has 1 heterocycles. The Kier molecular flexibility index (Phi) is 4.92. The molecule has 3 rings (SSSR count). The van der Waals surface area contributed by atoms with Crippen molar-refractivity contribution in [1.82, 2.24) is 9.78 Å². The van der Waals surface area contributed by atoms with Crippen molar-refractivity contribution in [1.29, 1.82) is 5.26 Å². The lowest BCUT2D eigenvalue weighted by molar-refractivity contribution is 0.0875. The highest BCUT2D eigenvalue weighted by atomic mass is 16.5. The monoisotopic (exact) mass is 337 g/mol. The minimum absolute atomic E-state index is 0.0220. The van der Waals surface area contributed by atoms with E-state index in [1.807, 2.05) is 24.3 Å². The molecule has 0 fully saturated rings. The second-order valence-electron chi connectivity index (χ2n) is 5.32. The number of aromatic nitrogens is 2. The summed E-state index contributed by atoms with van der Waals surface area (Å²) in [5.74, 6) is 0.0811. The standard InChI is InChI=1S/C18H15N3O4/c19-10-13-6-8-16(9-7-13)24-12-15(22)11-21-18(23)25-17(20-21)14-4-2-1-3-5-14/h1-9,15,22H,11-12H2/t15-/m0/s1. The van der Waals surface area contributed by atoms with Gasteiger partial charge >= 0.3 is 5.76 Å². The zero-order valence-electron chi connectivity index (χ0n) is 13.2. The van der Waals surface area contributed by atoms with E-state index in [4.69, 9.17) is 14.4 Å². The van der Waals surface area contributed by atoms with Gasteiger partial charge in [-0.1, -0.05) is 18.2 Å². The van der Waals surface area contributed by atoms with Gasteiger partial charge in [0.15, 0.2) is 0 Å². The van der Waals surface area contributed by atoms with Gasteiger partial charge in [-0.05, 0) is 36.4 Å². The highest BCUT2D eigenvalue weighted by molar-refractivity contribution is 5.51. The van der Waals surface area contributed by atoms with E-state index in [9.17, 15) is 9.90 Å². The summed E-state index contributed by atoms with van der Waals surface area (Å²) < 4.78 is 11.6. The third kappa shape index (κ3) is 4.13. The van der Waals surface area contributed by atoms with Crippen molar-refractivity contribution >= 4 is 0 Å². The third-order valence-electron chi connectivity index (χ3n) is 3.44. The van der Waals surface area contributed by atoms with E-state index >= 15 is 0 Å². The number of nitriles is 1.